The van der Waals surface area contributed by atoms with E-state index in [0.29, 0.717) is 17.3 Å². The van der Waals surface area contributed by atoms with Crippen molar-refractivity contribution in [2.75, 3.05) is 31.6 Å². The monoisotopic (exact) mass is 249 g/mol. The molecule has 18 heavy (non-hydrogen) atoms. The highest BCUT2D eigenvalue weighted by atomic mass is 16.5. The molecule has 0 aliphatic carbocycles. The fourth-order valence-electron chi connectivity index (χ4n) is 2.13. The molecule has 0 amide bonds. The van der Waals surface area contributed by atoms with Crippen molar-refractivity contribution >= 4 is 11.8 Å². The van der Waals surface area contributed by atoms with Gasteiger partial charge in [0.2, 0.25) is 0 Å². The lowest BCUT2D eigenvalue weighted by Crippen LogP contribution is -2.57. The van der Waals surface area contributed by atoms with Gasteiger partial charge in [-0.2, -0.15) is 0 Å². The highest BCUT2D eigenvalue weighted by Gasteiger charge is 2.25. The summed E-state index contributed by atoms with van der Waals surface area (Å²) in [5.74, 6) is 0.592. The maximum absolute atomic E-state index is 11.5. The van der Waals surface area contributed by atoms with Gasteiger partial charge in [-0.05, 0) is 26.0 Å². The predicted octanol–water partition coefficient (Wildman–Crippen LogP) is 0.975. The highest BCUT2D eigenvalue weighted by molar-refractivity contribution is 5.90. The number of esters is 1. The fraction of sp³-hybridized carbons (Fsp3) is 0.538. The van der Waals surface area contributed by atoms with E-state index in [2.05, 4.69) is 22.1 Å². The molecule has 5 heteroatoms. The number of carbonyl (C=O) groups excluding carboxylic acids is 1. The molecule has 0 radical (unpaired) electrons. The van der Waals surface area contributed by atoms with Gasteiger partial charge in [0.1, 0.15) is 5.82 Å². The number of anilines is 1. The van der Waals surface area contributed by atoms with Crippen LogP contribution in [0.2, 0.25) is 0 Å². The molecule has 0 aromatic carbocycles. The Kier molecular flexibility index (Phi) is 3.81. The maximum atomic E-state index is 11.5. The molecule has 1 aromatic rings. The fourth-order valence-corrected chi connectivity index (χ4v) is 2.13. The van der Waals surface area contributed by atoms with Crippen LogP contribution < -0.4 is 10.2 Å². The van der Waals surface area contributed by atoms with E-state index < -0.39 is 0 Å². The van der Waals surface area contributed by atoms with Crippen LogP contribution in [0, 0.1) is 6.92 Å². The molecule has 1 aliphatic rings. The normalized spacial score (nSPS) is 15.1. The van der Waals surface area contributed by atoms with Crippen molar-refractivity contribution in [2.45, 2.75) is 19.9 Å². The van der Waals surface area contributed by atoms with Crippen molar-refractivity contribution in [2.24, 2.45) is 0 Å². The number of nitrogens with zero attached hydrogens (tertiary/aromatic N) is 2. The quantitative estimate of drug-likeness (QED) is 0.806. The van der Waals surface area contributed by atoms with Crippen LogP contribution in [0.15, 0.2) is 12.1 Å². The zero-order valence-electron chi connectivity index (χ0n) is 11.1. The Labute approximate surface area is 107 Å². The number of likely N-dealkylation sites (N-methyl/N-ethyl adjacent to an activating group) is 1. The van der Waals surface area contributed by atoms with Crippen molar-refractivity contribution in [1.29, 1.82) is 0 Å². The van der Waals surface area contributed by atoms with E-state index in [9.17, 15) is 4.79 Å². The van der Waals surface area contributed by atoms with Crippen LogP contribution in [0.3, 0.4) is 0 Å². The lowest BCUT2D eigenvalue weighted by Gasteiger charge is -2.38. The van der Waals surface area contributed by atoms with Crippen molar-refractivity contribution in [3.05, 3.63) is 23.4 Å². The lowest BCUT2D eigenvalue weighted by atomic mass is 10.1. The van der Waals surface area contributed by atoms with Crippen molar-refractivity contribution in [1.82, 2.24) is 10.3 Å². The first kappa shape index (κ1) is 12.8. The molecule has 0 unspecified atom stereocenters. The molecule has 5 nitrogen and oxygen atoms in total. The molecule has 1 aromatic heterocycles. The number of aryl methyl sites for hydroxylation is 1. The number of hydrogen-bond donors (Lipinski definition) is 1. The summed E-state index contributed by atoms with van der Waals surface area (Å²) >= 11 is 0. The number of methoxy groups -OCH3 is 1. The van der Waals surface area contributed by atoms with E-state index in [1.54, 1.807) is 6.07 Å². The molecule has 98 valence electrons. The summed E-state index contributed by atoms with van der Waals surface area (Å²) in [5.41, 5.74) is 1.24. The Morgan fingerprint density at radius 2 is 2.28 bits per heavy atom. The average Bonchev–Trinajstić information content (AvgIpc) is 2.32. The van der Waals surface area contributed by atoms with Crippen molar-refractivity contribution < 1.29 is 9.53 Å². The predicted molar refractivity (Wildman–Crippen MR) is 70.0 cm³/mol. The van der Waals surface area contributed by atoms with Crippen LogP contribution in [0.5, 0.6) is 0 Å². The van der Waals surface area contributed by atoms with Gasteiger partial charge in [0.15, 0.2) is 0 Å². The van der Waals surface area contributed by atoms with E-state index in [1.165, 1.54) is 7.11 Å². The molecule has 0 atom stereocenters. The van der Waals surface area contributed by atoms with Crippen molar-refractivity contribution in [3.63, 3.8) is 0 Å². The Balaban J connectivity index is 2.24. The molecular formula is C13H19N3O2. The molecule has 1 saturated heterocycles. The number of aromatic nitrogens is 1. The van der Waals surface area contributed by atoms with Gasteiger partial charge in [-0.15, -0.1) is 0 Å². The summed E-state index contributed by atoms with van der Waals surface area (Å²) in [6.07, 6.45) is 0. The lowest BCUT2D eigenvalue weighted by molar-refractivity contribution is 0.0599. The van der Waals surface area contributed by atoms with E-state index in [1.807, 2.05) is 13.0 Å². The molecule has 2 heterocycles. The second-order valence-electron chi connectivity index (χ2n) is 4.39. The summed E-state index contributed by atoms with van der Waals surface area (Å²) in [6.45, 7) is 6.85. The van der Waals surface area contributed by atoms with Crippen LogP contribution in [0.1, 0.15) is 23.0 Å². The minimum atomic E-state index is -0.333. The Morgan fingerprint density at radius 1 is 1.56 bits per heavy atom. The van der Waals surface area contributed by atoms with Gasteiger partial charge in [-0.3, -0.25) is 0 Å². The van der Waals surface area contributed by atoms with E-state index in [-0.39, 0.29) is 5.97 Å². The first-order valence-corrected chi connectivity index (χ1v) is 6.20. The van der Waals surface area contributed by atoms with Gasteiger partial charge in [0.05, 0.1) is 24.4 Å². The van der Waals surface area contributed by atoms with Gasteiger partial charge in [-0.1, -0.05) is 0 Å². The molecule has 1 aliphatic heterocycles. The third-order valence-electron chi connectivity index (χ3n) is 3.31. The van der Waals surface area contributed by atoms with E-state index in [0.717, 1.165) is 25.5 Å². The molecule has 0 saturated carbocycles. The topological polar surface area (TPSA) is 54.5 Å². The number of ether oxygens (including phenoxy) is 1. The Hall–Kier alpha value is -1.62. The molecule has 0 bridgehead atoms. The van der Waals surface area contributed by atoms with Crippen LogP contribution in [0.25, 0.3) is 0 Å². The second-order valence-corrected chi connectivity index (χ2v) is 4.39. The van der Waals surface area contributed by atoms with Gasteiger partial charge in [-0.25, -0.2) is 9.78 Å². The van der Waals surface area contributed by atoms with Gasteiger partial charge in [0.25, 0.3) is 0 Å². The summed E-state index contributed by atoms with van der Waals surface area (Å²) in [7, 11) is 1.38. The van der Waals surface area contributed by atoms with Crippen LogP contribution in [-0.2, 0) is 4.74 Å². The number of hydrogen-bond acceptors (Lipinski definition) is 5. The molecule has 2 rings (SSSR count). The molecule has 1 fully saturated rings. The van der Waals surface area contributed by atoms with E-state index in [4.69, 9.17) is 4.74 Å². The number of carbonyl (C=O) groups is 1. The minimum Gasteiger partial charge on any atom is -0.465 e. The number of pyridine rings is 1. The van der Waals surface area contributed by atoms with Crippen LogP contribution in [-0.4, -0.2) is 43.7 Å². The highest BCUT2D eigenvalue weighted by Crippen LogP contribution is 2.19. The number of nitrogens with one attached hydrogen (secondary N) is 1. The molecule has 0 spiro atoms. The molecule has 1 N–H and O–H groups in total. The largest absolute Gasteiger partial charge is 0.465 e. The van der Waals surface area contributed by atoms with Crippen molar-refractivity contribution in [3.8, 4) is 0 Å². The third-order valence-corrected chi connectivity index (χ3v) is 3.31. The first-order chi connectivity index (χ1) is 8.67. The maximum Gasteiger partial charge on any atom is 0.339 e. The standard InChI is InChI=1S/C13H19N3O2/c1-4-16(10-7-14-8-10)12-6-5-11(9(2)15-12)13(17)18-3/h5-6,10,14H,4,7-8H2,1-3H3. The summed E-state index contributed by atoms with van der Waals surface area (Å²) in [4.78, 5) is 18.3. The third kappa shape index (κ3) is 2.31. The second kappa shape index (κ2) is 5.35. The van der Waals surface area contributed by atoms with Crippen LogP contribution >= 0.6 is 0 Å². The van der Waals surface area contributed by atoms with E-state index >= 15 is 0 Å². The smallest absolute Gasteiger partial charge is 0.339 e. The Bertz CT molecular complexity index is 444. The summed E-state index contributed by atoms with van der Waals surface area (Å²) in [6, 6.07) is 4.19. The van der Waals surface area contributed by atoms with Gasteiger partial charge in [0, 0.05) is 19.6 Å². The zero-order valence-corrected chi connectivity index (χ0v) is 11.1. The van der Waals surface area contributed by atoms with Crippen LogP contribution in [0.4, 0.5) is 5.82 Å². The van der Waals surface area contributed by atoms with Gasteiger partial charge < -0.3 is 15.0 Å². The molecular weight excluding hydrogens is 230 g/mol. The SMILES string of the molecule is CCN(c1ccc(C(=O)OC)c(C)n1)C1CNC1. The van der Waals surface area contributed by atoms with Gasteiger partial charge >= 0.3 is 5.97 Å². The Morgan fingerprint density at radius 3 is 2.72 bits per heavy atom. The average molecular weight is 249 g/mol. The number of rotatable bonds is 4. The summed E-state index contributed by atoms with van der Waals surface area (Å²) in [5, 5.41) is 3.26. The first-order valence-electron chi connectivity index (χ1n) is 6.20. The summed E-state index contributed by atoms with van der Waals surface area (Å²) < 4.78 is 4.72. The zero-order chi connectivity index (χ0) is 13.1. The minimum absolute atomic E-state index is 0.333.